The molecule has 0 radical (unpaired) electrons. The van der Waals surface area contributed by atoms with Crippen molar-refractivity contribution in [3.8, 4) is 0 Å². The first-order valence-electron chi connectivity index (χ1n) is 8.26. The fourth-order valence-corrected chi connectivity index (χ4v) is 4.69. The summed E-state index contributed by atoms with van der Waals surface area (Å²) in [6.45, 7) is 7.33. The fraction of sp³-hybridized carbons (Fsp3) is 0.333. The highest BCUT2D eigenvalue weighted by molar-refractivity contribution is 8.02. The molecule has 1 atom stereocenters. The number of thioether (sulfide) groups is 1. The Kier molecular flexibility index (Phi) is 6.98. The first kappa shape index (κ1) is 20.9. The van der Waals surface area contributed by atoms with Crippen LogP contribution in [0.5, 0.6) is 0 Å². The lowest BCUT2D eigenvalue weighted by Crippen LogP contribution is -2.39. The third-order valence-corrected chi connectivity index (χ3v) is 6.07. The second-order valence-corrected chi connectivity index (χ2v) is 8.82. The number of amides is 4. The monoisotopic (exact) mass is 406 g/mol. The van der Waals surface area contributed by atoms with E-state index in [9.17, 15) is 14.4 Å². The number of aryl methyl sites for hydroxylation is 3. The molecule has 0 saturated carbocycles. The Morgan fingerprint density at radius 2 is 1.96 bits per heavy atom. The Labute approximate surface area is 166 Å². The van der Waals surface area contributed by atoms with Crippen LogP contribution in [-0.2, 0) is 16.0 Å². The van der Waals surface area contributed by atoms with Gasteiger partial charge in [0, 0.05) is 10.6 Å². The molecule has 1 aromatic carbocycles. The van der Waals surface area contributed by atoms with Crippen LogP contribution >= 0.6 is 23.1 Å². The minimum absolute atomic E-state index is 0.128. The third kappa shape index (κ3) is 6.07. The molecule has 0 aliphatic carbocycles. The fourth-order valence-electron chi connectivity index (χ4n) is 2.30. The van der Waals surface area contributed by atoms with Crippen LogP contribution in [0.25, 0.3) is 0 Å². The zero-order valence-corrected chi connectivity index (χ0v) is 17.2. The van der Waals surface area contributed by atoms with Gasteiger partial charge >= 0.3 is 6.03 Å². The van der Waals surface area contributed by atoms with E-state index in [-0.39, 0.29) is 6.42 Å². The van der Waals surface area contributed by atoms with Crippen molar-refractivity contribution in [3.05, 3.63) is 39.9 Å². The molecule has 27 heavy (non-hydrogen) atoms. The largest absolute Gasteiger partial charge is 0.369 e. The van der Waals surface area contributed by atoms with Gasteiger partial charge in [0.15, 0.2) is 4.34 Å². The van der Waals surface area contributed by atoms with E-state index in [0.29, 0.717) is 10.0 Å². The summed E-state index contributed by atoms with van der Waals surface area (Å²) >= 11 is 2.56. The normalized spacial score (nSPS) is 11.7. The summed E-state index contributed by atoms with van der Waals surface area (Å²) in [6.07, 6.45) is 0.128. The number of carbonyl (C=O) groups is 3. The van der Waals surface area contributed by atoms with Crippen LogP contribution in [-0.4, -0.2) is 28.1 Å². The number of aromatic nitrogens is 1. The molecule has 0 aliphatic rings. The minimum Gasteiger partial charge on any atom is -0.369 e. The van der Waals surface area contributed by atoms with E-state index in [0.717, 1.165) is 21.7 Å². The predicted molar refractivity (Wildman–Crippen MR) is 108 cm³/mol. The van der Waals surface area contributed by atoms with E-state index in [1.165, 1.54) is 23.1 Å². The smallest absolute Gasteiger partial charge is 0.325 e. The molecule has 0 fully saturated rings. The zero-order valence-electron chi connectivity index (χ0n) is 15.6. The van der Waals surface area contributed by atoms with Crippen molar-refractivity contribution >= 4 is 46.6 Å². The molecule has 4 N–H and O–H groups in total. The van der Waals surface area contributed by atoms with Gasteiger partial charge in [0.2, 0.25) is 11.8 Å². The molecule has 2 aromatic rings. The molecule has 4 amide bonds. The summed E-state index contributed by atoms with van der Waals surface area (Å²) in [5.74, 6) is -0.848. The van der Waals surface area contributed by atoms with Crippen molar-refractivity contribution in [2.24, 2.45) is 5.73 Å². The highest BCUT2D eigenvalue weighted by Crippen LogP contribution is 2.30. The van der Waals surface area contributed by atoms with Crippen molar-refractivity contribution in [1.29, 1.82) is 0 Å². The molecule has 0 bridgehead atoms. The SMILES string of the molecule is Cc1ccc(NC(=O)NC(=O)[C@@H](C)Sc2nc(C)c(CC(N)=O)s2)c(C)c1. The van der Waals surface area contributed by atoms with Crippen LogP contribution in [0.15, 0.2) is 22.5 Å². The van der Waals surface area contributed by atoms with Gasteiger partial charge in [-0.05, 0) is 39.3 Å². The van der Waals surface area contributed by atoms with Gasteiger partial charge in [-0.3, -0.25) is 14.9 Å². The summed E-state index contributed by atoms with van der Waals surface area (Å²) in [4.78, 5) is 40.5. The molecule has 2 rings (SSSR count). The number of nitrogens with zero attached hydrogens (tertiary/aromatic N) is 1. The third-order valence-electron chi connectivity index (χ3n) is 3.72. The zero-order chi connectivity index (χ0) is 20.1. The molecule has 1 heterocycles. The van der Waals surface area contributed by atoms with Gasteiger partial charge in [-0.2, -0.15) is 0 Å². The maximum atomic E-state index is 12.3. The van der Waals surface area contributed by atoms with Gasteiger partial charge in [0.1, 0.15) is 0 Å². The van der Waals surface area contributed by atoms with Gasteiger partial charge < -0.3 is 11.1 Å². The lowest BCUT2D eigenvalue weighted by molar-refractivity contribution is -0.119. The average Bonchev–Trinajstić information content (AvgIpc) is 2.88. The number of primary amides is 1. The summed E-state index contributed by atoms with van der Waals surface area (Å²) < 4.78 is 0.654. The quantitative estimate of drug-likeness (QED) is 0.638. The van der Waals surface area contributed by atoms with Gasteiger partial charge in [-0.1, -0.05) is 29.5 Å². The van der Waals surface area contributed by atoms with Crippen LogP contribution in [0.2, 0.25) is 0 Å². The van der Waals surface area contributed by atoms with Gasteiger partial charge in [0.05, 0.1) is 17.4 Å². The number of nitrogens with one attached hydrogen (secondary N) is 2. The minimum atomic E-state index is -0.580. The predicted octanol–water partition coefficient (Wildman–Crippen LogP) is 2.93. The van der Waals surface area contributed by atoms with Crippen molar-refractivity contribution in [1.82, 2.24) is 10.3 Å². The van der Waals surface area contributed by atoms with Gasteiger partial charge in [-0.25, -0.2) is 9.78 Å². The number of hydrogen-bond donors (Lipinski definition) is 3. The number of hydrogen-bond acceptors (Lipinski definition) is 6. The molecule has 144 valence electrons. The van der Waals surface area contributed by atoms with E-state index in [1.807, 2.05) is 26.0 Å². The summed E-state index contributed by atoms with van der Waals surface area (Å²) in [5, 5.41) is 4.49. The van der Waals surface area contributed by atoms with E-state index < -0.39 is 23.1 Å². The van der Waals surface area contributed by atoms with E-state index in [2.05, 4.69) is 15.6 Å². The van der Waals surface area contributed by atoms with Crippen molar-refractivity contribution < 1.29 is 14.4 Å². The molecule has 0 aliphatic heterocycles. The Morgan fingerprint density at radius 1 is 1.26 bits per heavy atom. The number of urea groups is 1. The van der Waals surface area contributed by atoms with Crippen molar-refractivity contribution in [3.63, 3.8) is 0 Å². The Morgan fingerprint density at radius 3 is 2.59 bits per heavy atom. The van der Waals surface area contributed by atoms with Crippen molar-refractivity contribution in [2.75, 3.05) is 5.32 Å². The summed E-state index contributed by atoms with van der Waals surface area (Å²) in [7, 11) is 0. The van der Waals surface area contributed by atoms with Crippen molar-refractivity contribution in [2.45, 2.75) is 43.7 Å². The van der Waals surface area contributed by atoms with E-state index >= 15 is 0 Å². The van der Waals surface area contributed by atoms with Gasteiger partial charge in [0.25, 0.3) is 0 Å². The van der Waals surface area contributed by atoms with Crippen LogP contribution in [0.3, 0.4) is 0 Å². The van der Waals surface area contributed by atoms with Crippen LogP contribution in [0, 0.1) is 20.8 Å². The second kappa shape index (κ2) is 9.01. The standard InChI is InChI=1S/C18H22N4O3S2/c1-9-5-6-13(10(2)7-9)21-17(25)22-16(24)12(4)26-18-20-11(3)14(27-18)8-15(19)23/h5-7,12H,8H2,1-4H3,(H2,19,23)(H2,21,22,24,25)/t12-/m1/s1. The highest BCUT2D eigenvalue weighted by Gasteiger charge is 2.20. The Balaban J connectivity index is 1.93. The molecule has 0 unspecified atom stereocenters. The number of anilines is 1. The highest BCUT2D eigenvalue weighted by atomic mass is 32.2. The number of benzene rings is 1. The lowest BCUT2D eigenvalue weighted by Gasteiger charge is -2.12. The maximum absolute atomic E-state index is 12.3. The lowest BCUT2D eigenvalue weighted by atomic mass is 10.1. The summed E-state index contributed by atoms with van der Waals surface area (Å²) in [5.41, 5.74) is 8.60. The number of carbonyl (C=O) groups excluding carboxylic acids is 3. The van der Waals surface area contributed by atoms with E-state index in [4.69, 9.17) is 5.73 Å². The Hall–Kier alpha value is -2.39. The molecule has 0 spiro atoms. The average molecular weight is 407 g/mol. The van der Waals surface area contributed by atoms with E-state index in [1.54, 1.807) is 19.9 Å². The number of imide groups is 1. The molecular weight excluding hydrogens is 384 g/mol. The number of thiazole rings is 1. The summed E-state index contributed by atoms with van der Waals surface area (Å²) in [6, 6.07) is 5.05. The maximum Gasteiger partial charge on any atom is 0.325 e. The molecule has 9 heteroatoms. The topological polar surface area (TPSA) is 114 Å². The second-order valence-electron chi connectivity index (χ2n) is 6.15. The molecule has 0 saturated heterocycles. The molecular formula is C18H22N4O3S2. The Bertz CT molecular complexity index is 879. The molecule has 1 aromatic heterocycles. The van der Waals surface area contributed by atoms with Crippen LogP contribution in [0.4, 0.5) is 10.5 Å². The van der Waals surface area contributed by atoms with Gasteiger partial charge in [-0.15, -0.1) is 11.3 Å². The number of rotatable bonds is 6. The first-order chi connectivity index (χ1) is 12.7. The van der Waals surface area contributed by atoms with Crippen LogP contribution in [0.1, 0.15) is 28.6 Å². The number of nitrogens with two attached hydrogens (primary N) is 1. The first-order valence-corrected chi connectivity index (χ1v) is 9.95. The van der Waals surface area contributed by atoms with Crippen LogP contribution < -0.4 is 16.4 Å². The molecule has 7 nitrogen and oxygen atoms in total.